The van der Waals surface area contributed by atoms with Crippen molar-refractivity contribution in [3.8, 4) is 0 Å². The summed E-state index contributed by atoms with van der Waals surface area (Å²) in [7, 11) is 1.32. The van der Waals surface area contributed by atoms with Crippen molar-refractivity contribution in [1.82, 2.24) is 5.32 Å². The van der Waals surface area contributed by atoms with Crippen LogP contribution in [-0.2, 0) is 18.4 Å². The molecule has 86 heavy (non-hydrogen) atoms. The molecule has 0 aliphatic carbocycles. The summed E-state index contributed by atoms with van der Waals surface area (Å²) in [5, 5.41) is 14.1. The molecule has 0 heterocycles. The number of nitrogens with zero attached hydrogens (tertiary/aromatic N) is 1. The summed E-state index contributed by atoms with van der Waals surface area (Å²) in [6.07, 6.45) is 94.2. The number of likely N-dealkylation sites (N-methyl/N-ethyl adjacent to an activating group) is 1. The number of carbonyl (C=O) groups excluding carboxylic acids is 1. The van der Waals surface area contributed by atoms with Crippen LogP contribution in [0.2, 0.25) is 0 Å². The van der Waals surface area contributed by atoms with E-state index in [9.17, 15) is 19.4 Å². The zero-order chi connectivity index (χ0) is 62.6. The molecule has 0 aliphatic rings. The van der Waals surface area contributed by atoms with E-state index in [-0.39, 0.29) is 19.1 Å². The lowest BCUT2D eigenvalue weighted by Gasteiger charge is -2.30. The van der Waals surface area contributed by atoms with Crippen LogP contribution in [0.25, 0.3) is 0 Å². The minimum absolute atomic E-state index is 0.0119. The predicted molar refractivity (Wildman–Crippen MR) is 376 cm³/mol. The molecule has 0 saturated carbocycles. The standard InChI is InChI=1S/C77H145N2O6P/c1-6-8-10-12-14-16-18-20-22-24-26-28-30-32-34-36-37-38-39-40-41-43-45-47-49-51-53-55-57-59-61-63-65-67-69-71-77(81)78-75(74-85-86(82,83)84-73-72-79(3,4)5)76(80)70-68-66-64-62-60-58-56-54-52-50-48-46-44-42-35-33-31-29-27-25-23-21-19-17-15-13-11-9-7-2/h8,10,14,16,20,22,26,28,32,34,37-38,75-76,80H,6-7,9,11-13,15,17-19,21,23-25,27,29-31,33,35-36,39-74H2,1-5H3,(H-,78,81,82,83)/b10-8-,16-14-,22-20-,28-26-,34-32-,38-37-. The Morgan fingerprint density at radius 1 is 0.419 bits per heavy atom. The molecule has 0 fully saturated rings. The van der Waals surface area contributed by atoms with Crippen LogP contribution in [-0.4, -0.2) is 68.5 Å². The maximum Gasteiger partial charge on any atom is 0.268 e. The minimum atomic E-state index is -4.58. The van der Waals surface area contributed by atoms with Crippen molar-refractivity contribution >= 4 is 13.7 Å². The number of phosphoric ester groups is 1. The monoisotopic (exact) mass is 1230 g/mol. The first-order valence-electron chi connectivity index (χ1n) is 37.3. The Morgan fingerprint density at radius 3 is 1.03 bits per heavy atom. The van der Waals surface area contributed by atoms with Crippen LogP contribution in [0.3, 0.4) is 0 Å². The van der Waals surface area contributed by atoms with Crippen molar-refractivity contribution in [3.05, 3.63) is 72.9 Å². The van der Waals surface area contributed by atoms with Gasteiger partial charge in [-0.25, -0.2) is 0 Å². The van der Waals surface area contributed by atoms with Crippen LogP contribution < -0.4 is 10.2 Å². The normalized spacial score (nSPS) is 14.0. The molecule has 0 bridgehead atoms. The van der Waals surface area contributed by atoms with E-state index < -0.39 is 20.0 Å². The van der Waals surface area contributed by atoms with Crippen LogP contribution in [0, 0.1) is 0 Å². The SMILES string of the molecule is CC/C=C\C/C=C\C/C=C\C/C=C\C/C=C\C/C=C\CCCCCCCCCCCCCCCCCCC(=O)NC(COP(=O)([O-])OCC[N+](C)(C)C)C(O)CCCCCCCCCCCCCCCCCCCCCCCCCCCCCCC. The molecule has 504 valence electrons. The number of hydrogen-bond acceptors (Lipinski definition) is 6. The van der Waals surface area contributed by atoms with E-state index >= 15 is 0 Å². The number of unbranched alkanes of at least 4 members (excludes halogenated alkanes) is 44. The van der Waals surface area contributed by atoms with Gasteiger partial charge < -0.3 is 28.8 Å². The Morgan fingerprint density at radius 2 is 0.709 bits per heavy atom. The topological polar surface area (TPSA) is 108 Å². The maximum absolute atomic E-state index is 13.1. The molecule has 0 rings (SSSR count). The van der Waals surface area contributed by atoms with Crippen LogP contribution in [0.15, 0.2) is 72.9 Å². The molecule has 0 saturated heterocycles. The molecule has 8 nitrogen and oxygen atoms in total. The minimum Gasteiger partial charge on any atom is -0.756 e. The number of aliphatic hydroxyl groups is 1. The molecule has 0 aromatic heterocycles. The Balaban J connectivity index is 3.99. The zero-order valence-electron chi connectivity index (χ0n) is 57.8. The summed E-state index contributed by atoms with van der Waals surface area (Å²) in [4.78, 5) is 25.7. The van der Waals surface area contributed by atoms with Gasteiger partial charge in [0.15, 0.2) is 0 Å². The quantitative estimate of drug-likeness (QED) is 0.0272. The fourth-order valence-electron chi connectivity index (χ4n) is 11.2. The smallest absolute Gasteiger partial charge is 0.268 e. The Bertz CT molecular complexity index is 1630. The van der Waals surface area contributed by atoms with Gasteiger partial charge in [0.2, 0.25) is 5.91 Å². The van der Waals surface area contributed by atoms with E-state index in [0.29, 0.717) is 23.9 Å². The molecule has 3 unspecified atom stereocenters. The van der Waals surface area contributed by atoms with Crippen molar-refractivity contribution in [2.24, 2.45) is 0 Å². The summed E-state index contributed by atoms with van der Waals surface area (Å²) in [6, 6.07) is -0.805. The van der Waals surface area contributed by atoms with Gasteiger partial charge in [0.1, 0.15) is 13.2 Å². The lowest BCUT2D eigenvalue weighted by molar-refractivity contribution is -0.870. The largest absolute Gasteiger partial charge is 0.756 e. The fourth-order valence-corrected chi connectivity index (χ4v) is 11.9. The van der Waals surface area contributed by atoms with Crippen molar-refractivity contribution < 1.29 is 32.9 Å². The molecule has 0 radical (unpaired) electrons. The Kier molecular flexibility index (Phi) is 65.7. The van der Waals surface area contributed by atoms with Gasteiger partial charge in [-0.2, -0.15) is 0 Å². The van der Waals surface area contributed by atoms with Gasteiger partial charge in [-0.3, -0.25) is 9.36 Å². The molecular weight excluding hydrogens is 1080 g/mol. The van der Waals surface area contributed by atoms with E-state index in [2.05, 4.69) is 92.1 Å². The first-order valence-corrected chi connectivity index (χ1v) is 38.7. The highest BCUT2D eigenvalue weighted by Gasteiger charge is 2.24. The van der Waals surface area contributed by atoms with E-state index in [0.717, 1.165) is 77.0 Å². The van der Waals surface area contributed by atoms with E-state index in [1.54, 1.807) is 0 Å². The molecule has 3 atom stereocenters. The second-order valence-corrected chi connectivity index (χ2v) is 28.0. The second kappa shape index (κ2) is 67.3. The van der Waals surface area contributed by atoms with Gasteiger partial charge in [0.25, 0.3) is 7.82 Å². The van der Waals surface area contributed by atoms with Crippen molar-refractivity contribution in [2.45, 2.75) is 373 Å². The maximum atomic E-state index is 13.1. The molecule has 2 N–H and O–H groups in total. The van der Waals surface area contributed by atoms with Crippen molar-refractivity contribution in [3.63, 3.8) is 0 Å². The van der Waals surface area contributed by atoms with Crippen molar-refractivity contribution in [2.75, 3.05) is 40.9 Å². The van der Waals surface area contributed by atoms with Crippen LogP contribution in [0.4, 0.5) is 0 Å². The number of quaternary nitrogens is 1. The number of carbonyl (C=O) groups is 1. The fraction of sp³-hybridized carbons (Fsp3) is 0.831. The highest BCUT2D eigenvalue weighted by Crippen LogP contribution is 2.38. The number of hydrogen-bond donors (Lipinski definition) is 2. The summed E-state index contributed by atoms with van der Waals surface area (Å²) >= 11 is 0. The predicted octanol–water partition coefficient (Wildman–Crippen LogP) is 23.5. The van der Waals surface area contributed by atoms with E-state index in [4.69, 9.17) is 9.05 Å². The Hall–Kier alpha value is -2.06. The number of rotatable bonds is 69. The van der Waals surface area contributed by atoms with E-state index in [1.807, 2.05) is 21.1 Å². The third kappa shape index (κ3) is 69.4. The molecule has 0 aliphatic heterocycles. The molecular formula is C77H145N2O6P. The molecule has 0 spiro atoms. The second-order valence-electron chi connectivity index (χ2n) is 26.6. The lowest BCUT2D eigenvalue weighted by Crippen LogP contribution is -2.46. The van der Waals surface area contributed by atoms with Gasteiger partial charge in [-0.1, -0.05) is 363 Å². The van der Waals surface area contributed by atoms with Crippen LogP contribution >= 0.6 is 7.82 Å². The van der Waals surface area contributed by atoms with Crippen LogP contribution in [0.1, 0.15) is 361 Å². The summed E-state index contributed by atoms with van der Waals surface area (Å²) < 4.78 is 23.6. The highest BCUT2D eigenvalue weighted by molar-refractivity contribution is 7.45. The first-order chi connectivity index (χ1) is 42.0. The van der Waals surface area contributed by atoms with Crippen LogP contribution in [0.5, 0.6) is 0 Å². The number of phosphoric acid groups is 1. The third-order valence-electron chi connectivity index (χ3n) is 17.0. The van der Waals surface area contributed by atoms with E-state index in [1.165, 1.54) is 257 Å². The number of amides is 1. The van der Waals surface area contributed by atoms with Crippen molar-refractivity contribution in [1.29, 1.82) is 0 Å². The van der Waals surface area contributed by atoms with Gasteiger partial charge in [-0.15, -0.1) is 0 Å². The average molecular weight is 1230 g/mol. The van der Waals surface area contributed by atoms with Gasteiger partial charge in [0, 0.05) is 6.42 Å². The number of nitrogens with one attached hydrogen (secondary N) is 1. The summed E-state index contributed by atoms with van der Waals surface area (Å²) in [6.45, 7) is 4.66. The molecule has 0 aromatic rings. The number of allylic oxidation sites excluding steroid dienone is 12. The lowest BCUT2D eigenvalue weighted by atomic mass is 10.0. The average Bonchev–Trinajstić information content (AvgIpc) is 3.70. The van der Waals surface area contributed by atoms with Gasteiger partial charge >= 0.3 is 0 Å². The number of aliphatic hydroxyl groups excluding tert-OH is 1. The first kappa shape index (κ1) is 83.9. The zero-order valence-corrected chi connectivity index (χ0v) is 58.7. The summed E-state index contributed by atoms with van der Waals surface area (Å²) in [5.41, 5.74) is 0. The summed E-state index contributed by atoms with van der Waals surface area (Å²) in [5.74, 6) is -0.160. The molecule has 1 amide bonds. The Labute approximate surface area is 535 Å². The molecule has 0 aromatic carbocycles. The molecule has 9 heteroatoms. The third-order valence-corrected chi connectivity index (χ3v) is 17.9. The van der Waals surface area contributed by atoms with Gasteiger partial charge in [0.05, 0.1) is 39.9 Å². The van der Waals surface area contributed by atoms with Gasteiger partial charge in [-0.05, 0) is 64.2 Å². The highest BCUT2D eigenvalue weighted by atomic mass is 31.2.